The second kappa shape index (κ2) is 5.62. The van der Waals surface area contributed by atoms with E-state index in [0.717, 1.165) is 4.88 Å². The van der Waals surface area contributed by atoms with Gasteiger partial charge in [-0.2, -0.15) is 0 Å². The number of halogens is 2. The van der Waals surface area contributed by atoms with Gasteiger partial charge in [-0.05, 0) is 33.4 Å². The number of amides is 1. The average molecular weight is 332 g/mol. The van der Waals surface area contributed by atoms with Crippen molar-refractivity contribution >= 4 is 50.5 Å². The van der Waals surface area contributed by atoms with Crippen molar-refractivity contribution in [3.05, 3.63) is 44.3 Å². The summed E-state index contributed by atoms with van der Waals surface area (Å²) in [7, 11) is 0. The number of rotatable bonds is 3. The number of nitrogens with one attached hydrogen (secondary N) is 1. The highest BCUT2D eigenvalue weighted by molar-refractivity contribution is 9.10. The van der Waals surface area contributed by atoms with Gasteiger partial charge in [-0.15, -0.1) is 11.3 Å². The van der Waals surface area contributed by atoms with Crippen molar-refractivity contribution in [2.45, 2.75) is 6.42 Å². The molecule has 2 aromatic heterocycles. The van der Waals surface area contributed by atoms with Gasteiger partial charge in [0.05, 0.1) is 17.1 Å². The van der Waals surface area contributed by atoms with E-state index < -0.39 is 0 Å². The van der Waals surface area contributed by atoms with Crippen molar-refractivity contribution < 1.29 is 4.79 Å². The molecule has 0 bridgehead atoms. The minimum absolute atomic E-state index is 0.0859. The SMILES string of the molecule is O=C(Cc1cccs1)Nc1cc(Cl)cnc1Br. The molecule has 0 atom stereocenters. The fourth-order valence-electron chi connectivity index (χ4n) is 1.28. The van der Waals surface area contributed by atoms with Gasteiger partial charge in [0.15, 0.2) is 0 Å². The first-order valence-corrected chi connectivity index (χ1v) is 6.83. The summed E-state index contributed by atoms with van der Waals surface area (Å²) in [6.07, 6.45) is 1.87. The van der Waals surface area contributed by atoms with Crippen LogP contribution in [0.25, 0.3) is 0 Å². The Morgan fingerprint density at radius 3 is 3.12 bits per heavy atom. The van der Waals surface area contributed by atoms with Crippen LogP contribution < -0.4 is 5.32 Å². The third-order valence-corrected chi connectivity index (χ3v) is 3.71. The van der Waals surface area contributed by atoms with Crippen LogP contribution in [0.15, 0.2) is 34.4 Å². The van der Waals surface area contributed by atoms with Crippen molar-refractivity contribution in [2.75, 3.05) is 5.32 Å². The minimum atomic E-state index is -0.0859. The van der Waals surface area contributed by atoms with Crippen molar-refractivity contribution in [3.63, 3.8) is 0 Å². The van der Waals surface area contributed by atoms with Crippen LogP contribution in [0.1, 0.15) is 4.88 Å². The molecule has 3 nitrogen and oxygen atoms in total. The van der Waals surface area contributed by atoms with Gasteiger partial charge in [0.2, 0.25) is 5.91 Å². The number of anilines is 1. The van der Waals surface area contributed by atoms with Gasteiger partial charge in [-0.1, -0.05) is 17.7 Å². The Labute approximate surface area is 116 Å². The zero-order valence-corrected chi connectivity index (χ0v) is 11.8. The number of carbonyl (C=O) groups is 1. The Hall–Kier alpha value is -0.910. The molecule has 0 saturated heterocycles. The lowest BCUT2D eigenvalue weighted by molar-refractivity contribution is -0.115. The fourth-order valence-corrected chi connectivity index (χ4v) is 2.45. The summed E-state index contributed by atoms with van der Waals surface area (Å²) in [5, 5.41) is 5.19. The first-order valence-electron chi connectivity index (χ1n) is 4.78. The molecular weight excluding hydrogens is 324 g/mol. The molecule has 0 spiro atoms. The maximum atomic E-state index is 11.7. The molecule has 1 N–H and O–H groups in total. The molecule has 17 heavy (non-hydrogen) atoms. The summed E-state index contributed by atoms with van der Waals surface area (Å²) < 4.78 is 0.571. The number of nitrogens with zero attached hydrogens (tertiary/aromatic N) is 1. The second-order valence-corrected chi connectivity index (χ2v) is 5.52. The molecule has 6 heteroatoms. The molecule has 0 aliphatic heterocycles. The van der Waals surface area contributed by atoms with Crippen LogP contribution in [-0.2, 0) is 11.2 Å². The van der Waals surface area contributed by atoms with E-state index in [1.54, 1.807) is 17.4 Å². The Morgan fingerprint density at radius 2 is 2.41 bits per heavy atom. The highest BCUT2D eigenvalue weighted by Crippen LogP contribution is 2.23. The van der Waals surface area contributed by atoms with E-state index in [1.807, 2.05) is 17.5 Å². The Morgan fingerprint density at radius 1 is 1.59 bits per heavy atom. The molecule has 2 rings (SSSR count). The number of pyridine rings is 1. The first kappa shape index (κ1) is 12.5. The number of aromatic nitrogens is 1. The van der Waals surface area contributed by atoms with E-state index in [2.05, 4.69) is 26.2 Å². The van der Waals surface area contributed by atoms with Gasteiger partial charge in [0.1, 0.15) is 4.60 Å². The van der Waals surface area contributed by atoms with E-state index in [1.165, 1.54) is 6.20 Å². The van der Waals surface area contributed by atoms with E-state index in [4.69, 9.17) is 11.6 Å². The normalized spacial score (nSPS) is 10.2. The third-order valence-electron chi connectivity index (χ3n) is 1.99. The van der Waals surface area contributed by atoms with Crippen molar-refractivity contribution in [2.24, 2.45) is 0 Å². The van der Waals surface area contributed by atoms with Crippen LogP contribution >= 0.6 is 38.9 Å². The van der Waals surface area contributed by atoms with Gasteiger partial charge < -0.3 is 5.32 Å². The molecule has 0 unspecified atom stereocenters. The van der Waals surface area contributed by atoms with E-state index in [-0.39, 0.29) is 5.91 Å². The zero-order chi connectivity index (χ0) is 12.3. The number of hydrogen-bond donors (Lipinski definition) is 1. The monoisotopic (exact) mass is 330 g/mol. The molecular formula is C11H8BrClN2OS. The largest absolute Gasteiger partial charge is 0.323 e. The summed E-state index contributed by atoms with van der Waals surface area (Å²) >= 11 is 10.6. The van der Waals surface area contributed by atoms with Crippen LogP contribution in [0.3, 0.4) is 0 Å². The number of carbonyl (C=O) groups excluding carboxylic acids is 1. The fraction of sp³-hybridized carbons (Fsp3) is 0.0909. The van der Waals surface area contributed by atoms with E-state index >= 15 is 0 Å². The molecule has 0 aromatic carbocycles. The van der Waals surface area contributed by atoms with Gasteiger partial charge in [0.25, 0.3) is 0 Å². The maximum Gasteiger partial charge on any atom is 0.229 e. The smallest absolute Gasteiger partial charge is 0.229 e. The van der Waals surface area contributed by atoms with Crippen molar-refractivity contribution in [1.29, 1.82) is 0 Å². The van der Waals surface area contributed by atoms with E-state index in [9.17, 15) is 4.79 Å². The van der Waals surface area contributed by atoms with Crippen LogP contribution in [-0.4, -0.2) is 10.9 Å². The highest BCUT2D eigenvalue weighted by atomic mass is 79.9. The predicted molar refractivity (Wildman–Crippen MR) is 73.6 cm³/mol. The van der Waals surface area contributed by atoms with Crippen LogP contribution in [0.5, 0.6) is 0 Å². The van der Waals surface area contributed by atoms with Crippen LogP contribution in [0.2, 0.25) is 5.02 Å². The lowest BCUT2D eigenvalue weighted by Crippen LogP contribution is -2.14. The molecule has 0 saturated carbocycles. The van der Waals surface area contributed by atoms with Gasteiger partial charge in [0, 0.05) is 11.1 Å². The Kier molecular flexibility index (Phi) is 4.15. The molecule has 2 aromatic rings. The molecule has 0 fully saturated rings. The van der Waals surface area contributed by atoms with Crippen molar-refractivity contribution in [1.82, 2.24) is 4.98 Å². The van der Waals surface area contributed by atoms with Gasteiger partial charge in [-0.3, -0.25) is 4.79 Å². The second-order valence-electron chi connectivity index (χ2n) is 3.30. The topological polar surface area (TPSA) is 42.0 Å². The van der Waals surface area contributed by atoms with Crippen LogP contribution in [0, 0.1) is 0 Å². The minimum Gasteiger partial charge on any atom is -0.323 e. The summed E-state index contributed by atoms with van der Waals surface area (Å²) in [5.41, 5.74) is 0.582. The molecule has 1 amide bonds. The predicted octanol–water partition coefficient (Wildman–Crippen LogP) is 3.74. The number of thiophene rings is 1. The quantitative estimate of drug-likeness (QED) is 0.871. The molecule has 0 radical (unpaired) electrons. The van der Waals surface area contributed by atoms with Gasteiger partial charge in [-0.25, -0.2) is 4.98 Å². The maximum absolute atomic E-state index is 11.7. The Balaban J connectivity index is 2.05. The average Bonchev–Trinajstić information content (AvgIpc) is 2.76. The third kappa shape index (κ3) is 3.52. The summed E-state index contributed by atoms with van der Waals surface area (Å²) in [4.78, 5) is 16.8. The first-order chi connectivity index (χ1) is 8.15. The summed E-state index contributed by atoms with van der Waals surface area (Å²) in [5.74, 6) is -0.0859. The Bertz CT molecular complexity index is 530. The zero-order valence-electron chi connectivity index (χ0n) is 8.61. The van der Waals surface area contributed by atoms with E-state index in [0.29, 0.717) is 21.7 Å². The lowest BCUT2D eigenvalue weighted by atomic mass is 10.3. The van der Waals surface area contributed by atoms with Gasteiger partial charge >= 0.3 is 0 Å². The summed E-state index contributed by atoms with van der Waals surface area (Å²) in [6, 6.07) is 5.50. The van der Waals surface area contributed by atoms with Crippen molar-refractivity contribution in [3.8, 4) is 0 Å². The standard InChI is InChI=1S/C11H8BrClN2OS/c12-11-9(4-7(13)6-14-11)15-10(16)5-8-2-1-3-17-8/h1-4,6H,5H2,(H,15,16). The number of hydrogen-bond acceptors (Lipinski definition) is 3. The lowest BCUT2D eigenvalue weighted by Gasteiger charge is -2.06. The highest BCUT2D eigenvalue weighted by Gasteiger charge is 2.08. The summed E-state index contributed by atoms with van der Waals surface area (Å²) in [6.45, 7) is 0. The molecule has 88 valence electrons. The molecule has 0 aliphatic rings. The molecule has 2 heterocycles. The molecule has 0 aliphatic carbocycles. The van der Waals surface area contributed by atoms with Crippen LogP contribution in [0.4, 0.5) is 5.69 Å².